The van der Waals surface area contributed by atoms with E-state index in [-0.39, 0.29) is 12.2 Å². The maximum Gasteiger partial charge on any atom is 0.250 e. The Bertz CT molecular complexity index is 931. The van der Waals surface area contributed by atoms with Crippen LogP contribution in [0.3, 0.4) is 0 Å². The first-order valence-corrected chi connectivity index (χ1v) is 11.4. The molecule has 1 aromatic heterocycles. The standard InChI is InChI=1S/C23H27ClN2O2S/c1-23(8-2-9-23)14-26-10-7-18-20(13-26)29-19(21(18)22(25)28)12-17(27)11-15-3-5-16(24)6-4-15/h3-6H,2,7-14H2,1H3,(H2,25,28). The fourth-order valence-electron chi connectivity index (χ4n) is 4.61. The van der Waals surface area contributed by atoms with Crippen molar-refractivity contribution in [2.45, 2.75) is 52.0 Å². The molecule has 0 saturated heterocycles. The minimum absolute atomic E-state index is 0.0901. The average molecular weight is 431 g/mol. The number of ketones is 1. The van der Waals surface area contributed by atoms with Gasteiger partial charge in [0.05, 0.1) is 5.56 Å². The number of primary amides is 1. The second-order valence-electron chi connectivity index (χ2n) is 8.81. The molecule has 154 valence electrons. The smallest absolute Gasteiger partial charge is 0.250 e. The Morgan fingerprint density at radius 1 is 1.21 bits per heavy atom. The van der Waals surface area contributed by atoms with E-state index < -0.39 is 5.91 Å². The molecule has 1 aromatic carbocycles. The van der Waals surface area contributed by atoms with Crippen LogP contribution < -0.4 is 5.73 Å². The number of rotatable bonds is 7. The first-order valence-electron chi connectivity index (χ1n) is 10.2. The van der Waals surface area contributed by atoms with E-state index in [1.54, 1.807) is 23.5 Å². The Kier molecular flexibility index (Phi) is 5.83. The molecule has 1 saturated carbocycles. The summed E-state index contributed by atoms with van der Waals surface area (Å²) in [7, 11) is 0. The molecule has 0 atom stereocenters. The van der Waals surface area contributed by atoms with Crippen LogP contribution in [-0.4, -0.2) is 29.7 Å². The lowest BCUT2D eigenvalue weighted by Crippen LogP contribution is -2.42. The van der Waals surface area contributed by atoms with Crippen LogP contribution in [0.1, 0.15) is 57.4 Å². The molecule has 0 radical (unpaired) electrons. The minimum atomic E-state index is -0.406. The maximum absolute atomic E-state index is 12.7. The first kappa shape index (κ1) is 20.6. The third-order valence-electron chi connectivity index (χ3n) is 6.29. The van der Waals surface area contributed by atoms with Gasteiger partial charge in [0.15, 0.2) is 0 Å². The zero-order valence-electron chi connectivity index (χ0n) is 16.8. The fourth-order valence-corrected chi connectivity index (χ4v) is 6.17. The van der Waals surface area contributed by atoms with Crippen molar-refractivity contribution < 1.29 is 9.59 Å². The third kappa shape index (κ3) is 4.57. The lowest BCUT2D eigenvalue weighted by Gasteiger charge is -2.43. The van der Waals surface area contributed by atoms with E-state index in [0.29, 0.717) is 22.4 Å². The number of nitrogens with two attached hydrogens (primary N) is 1. The molecule has 29 heavy (non-hydrogen) atoms. The number of amides is 1. The summed E-state index contributed by atoms with van der Waals surface area (Å²) in [6.07, 6.45) is 5.38. The molecule has 0 bridgehead atoms. The van der Waals surface area contributed by atoms with Crippen molar-refractivity contribution in [3.63, 3.8) is 0 Å². The molecule has 2 N–H and O–H groups in total. The highest BCUT2D eigenvalue weighted by Crippen LogP contribution is 2.42. The van der Waals surface area contributed by atoms with Gasteiger partial charge in [0.1, 0.15) is 5.78 Å². The van der Waals surface area contributed by atoms with Gasteiger partial charge in [-0.1, -0.05) is 37.1 Å². The van der Waals surface area contributed by atoms with E-state index in [4.69, 9.17) is 17.3 Å². The van der Waals surface area contributed by atoms with Gasteiger partial charge in [-0.2, -0.15) is 0 Å². The largest absolute Gasteiger partial charge is 0.366 e. The summed E-state index contributed by atoms with van der Waals surface area (Å²) in [4.78, 5) is 29.4. The van der Waals surface area contributed by atoms with Crippen molar-refractivity contribution in [1.29, 1.82) is 0 Å². The van der Waals surface area contributed by atoms with Crippen LogP contribution in [0.5, 0.6) is 0 Å². The number of fused-ring (bicyclic) bond motifs is 1. The number of nitrogens with zero attached hydrogens (tertiary/aromatic N) is 1. The monoisotopic (exact) mass is 430 g/mol. The predicted octanol–water partition coefficient (Wildman–Crippen LogP) is 4.40. The van der Waals surface area contributed by atoms with Crippen LogP contribution in [-0.2, 0) is 30.6 Å². The van der Waals surface area contributed by atoms with E-state index >= 15 is 0 Å². The highest BCUT2D eigenvalue weighted by molar-refractivity contribution is 7.12. The molecule has 1 aliphatic heterocycles. The van der Waals surface area contributed by atoms with Crippen molar-refractivity contribution >= 4 is 34.6 Å². The Morgan fingerprint density at radius 3 is 2.55 bits per heavy atom. The van der Waals surface area contributed by atoms with Gasteiger partial charge in [-0.25, -0.2) is 0 Å². The third-order valence-corrected chi connectivity index (χ3v) is 7.76. The lowest BCUT2D eigenvalue weighted by atomic mass is 9.70. The number of benzene rings is 1. The highest BCUT2D eigenvalue weighted by atomic mass is 35.5. The quantitative estimate of drug-likeness (QED) is 0.707. The van der Waals surface area contributed by atoms with Gasteiger partial charge in [0, 0.05) is 47.3 Å². The minimum Gasteiger partial charge on any atom is -0.366 e. The van der Waals surface area contributed by atoms with Gasteiger partial charge in [0.2, 0.25) is 5.91 Å². The van der Waals surface area contributed by atoms with Crippen molar-refractivity contribution in [1.82, 2.24) is 4.90 Å². The SMILES string of the molecule is CC1(CN2CCc3c(sc(CC(=O)Cc4ccc(Cl)cc4)c3C(N)=O)C2)CCC1. The van der Waals surface area contributed by atoms with Crippen LogP contribution in [0, 0.1) is 5.41 Å². The second kappa shape index (κ2) is 8.21. The molecule has 1 fully saturated rings. The highest BCUT2D eigenvalue weighted by Gasteiger charge is 2.35. The summed E-state index contributed by atoms with van der Waals surface area (Å²) in [5, 5.41) is 0.656. The van der Waals surface area contributed by atoms with Crippen LogP contribution in [0.25, 0.3) is 0 Å². The normalized spacial score (nSPS) is 18.1. The van der Waals surface area contributed by atoms with Crippen LogP contribution in [0.2, 0.25) is 5.02 Å². The zero-order valence-corrected chi connectivity index (χ0v) is 18.4. The lowest BCUT2D eigenvalue weighted by molar-refractivity contribution is -0.117. The molecular weight excluding hydrogens is 404 g/mol. The van der Waals surface area contributed by atoms with Gasteiger partial charge in [-0.3, -0.25) is 14.5 Å². The van der Waals surface area contributed by atoms with Gasteiger partial charge < -0.3 is 5.73 Å². The van der Waals surface area contributed by atoms with Crippen molar-refractivity contribution in [3.05, 3.63) is 55.7 Å². The fraction of sp³-hybridized carbons (Fsp3) is 0.478. The molecular formula is C23H27ClN2O2S. The average Bonchev–Trinajstić information content (AvgIpc) is 2.99. The van der Waals surface area contributed by atoms with E-state index in [0.717, 1.165) is 42.1 Å². The van der Waals surface area contributed by atoms with Crippen LogP contribution in [0.15, 0.2) is 24.3 Å². The summed E-state index contributed by atoms with van der Waals surface area (Å²) < 4.78 is 0. The number of halogens is 1. The molecule has 0 unspecified atom stereocenters. The van der Waals surface area contributed by atoms with Crippen molar-refractivity contribution in [3.8, 4) is 0 Å². The predicted molar refractivity (Wildman–Crippen MR) is 118 cm³/mol. The maximum atomic E-state index is 12.7. The Morgan fingerprint density at radius 2 is 1.93 bits per heavy atom. The summed E-state index contributed by atoms with van der Waals surface area (Å²) in [6, 6.07) is 7.32. The Hall–Kier alpha value is -1.69. The first-order chi connectivity index (χ1) is 13.8. The molecule has 2 aromatic rings. The van der Waals surface area contributed by atoms with Crippen molar-refractivity contribution in [2.24, 2.45) is 11.1 Å². The molecule has 4 nitrogen and oxygen atoms in total. The molecule has 2 heterocycles. The number of thiophene rings is 1. The van der Waals surface area contributed by atoms with Crippen molar-refractivity contribution in [2.75, 3.05) is 13.1 Å². The van der Waals surface area contributed by atoms with Crippen LogP contribution >= 0.6 is 22.9 Å². The van der Waals surface area contributed by atoms with Gasteiger partial charge in [-0.15, -0.1) is 11.3 Å². The van der Waals surface area contributed by atoms with Gasteiger partial charge in [0.25, 0.3) is 0 Å². The topological polar surface area (TPSA) is 63.4 Å². The second-order valence-corrected chi connectivity index (χ2v) is 10.4. The molecule has 4 rings (SSSR count). The van der Waals surface area contributed by atoms with Gasteiger partial charge in [-0.05, 0) is 47.9 Å². The molecule has 6 heteroatoms. The summed E-state index contributed by atoms with van der Waals surface area (Å²) in [6.45, 7) is 5.30. The zero-order chi connectivity index (χ0) is 20.6. The Labute approximate surface area is 181 Å². The molecule has 1 amide bonds. The number of carbonyl (C=O) groups is 2. The molecule has 0 spiro atoms. The molecule has 1 aliphatic carbocycles. The summed E-state index contributed by atoms with van der Waals surface area (Å²) in [5.41, 5.74) is 8.77. The van der Waals surface area contributed by atoms with Gasteiger partial charge >= 0.3 is 0 Å². The number of hydrogen-bond acceptors (Lipinski definition) is 4. The summed E-state index contributed by atoms with van der Waals surface area (Å²) in [5.74, 6) is -0.316. The van der Waals surface area contributed by atoms with E-state index in [2.05, 4.69) is 11.8 Å². The summed E-state index contributed by atoms with van der Waals surface area (Å²) >= 11 is 7.52. The molecule has 2 aliphatic rings. The van der Waals surface area contributed by atoms with E-state index in [1.165, 1.54) is 24.1 Å². The number of Topliss-reactive ketones (excluding diaryl/α,β-unsaturated/α-hetero) is 1. The van der Waals surface area contributed by atoms with E-state index in [9.17, 15) is 9.59 Å². The van der Waals surface area contributed by atoms with Crippen LogP contribution in [0.4, 0.5) is 0 Å². The number of hydrogen-bond donors (Lipinski definition) is 1. The number of carbonyl (C=O) groups excluding carboxylic acids is 2. The van der Waals surface area contributed by atoms with E-state index in [1.807, 2.05) is 12.1 Å². The Balaban J connectivity index is 1.49.